The van der Waals surface area contributed by atoms with Gasteiger partial charge >= 0.3 is 0 Å². The number of hydrogen-bond acceptors (Lipinski definition) is 1. The van der Waals surface area contributed by atoms with Crippen LogP contribution in [-0.2, 0) is 0 Å². The second kappa shape index (κ2) is 5.75. The van der Waals surface area contributed by atoms with Gasteiger partial charge in [-0.2, -0.15) is 0 Å². The van der Waals surface area contributed by atoms with E-state index in [0.717, 1.165) is 12.5 Å². The normalized spacial score (nSPS) is 19.9. The Bertz CT molecular complexity index is 145. The van der Waals surface area contributed by atoms with Crippen molar-refractivity contribution in [2.24, 2.45) is 17.1 Å². The number of nitrogens with two attached hydrogens (primary N) is 1. The van der Waals surface area contributed by atoms with Crippen molar-refractivity contribution in [1.29, 1.82) is 0 Å². The summed E-state index contributed by atoms with van der Waals surface area (Å²) < 4.78 is 0. The lowest BCUT2D eigenvalue weighted by Gasteiger charge is -2.37. The van der Waals surface area contributed by atoms with E-state index in [2.05, 4.69) is 13.8 Å². The predicted octanol–water partition coefficient (Wildman–Crippen LogP) is 3.72. The highest BCUT2D eigenvalue weighted by Crippen LogP contribution is 2.41. The minimum Gasteiger partial charge on any atom is -0.330 e. The van der Waals surface area contributed by atoms with Gasteiger partial charge < -0.3 is 5.73 Å². The number of unbranched alkanes of at least 4 members (excludes halogenated alkanes) is 1. The van der Waals surface area contributed by atoms with Crippen LogP contribution >= 0.6 is 0 Å². The molecule has 0 radical (unpaired) electrons. The lowest BCUT2D eigenvalue weighted by molar-refractivity contribution is 0.142. The van der Waals surface area contributed by atoms with E-state index < -0.39 is 0 Å². The van der Waals surface area contributed by atoms with Crippen LogP contribution in [0.25, 0.3) is 0 Å². The van der Waals surface area contributed by atoms with Crippen LogP contribution in [0.5, 0.6) is 0 Å². The monoisotopic (exact) mass is 197 g/mol. The second-order valence-corrected chi connectivity index (χ2v) is 5.57. The van der Waals surface area contributed by atoms with Gasteiger partial charge in [-0.3, -0.25) is 0 Å². The highest BCUT2D eigenvalue weighted by atomic mass is 14.5. The summed E-state index contributed by atoms with van der Waals surface area (Å²) >= 11 is 0. The molecule has 1 fully saturated rings. The van der Waals surface area contributed by atoms with Crippen molar-refractivity contribution in [3.8, 4) is 0 Å². The maximum Gasteiger partial charge on any atom is -0.00773 e. The molecule has 1 nitrogen and oxygen atoms in total. The Morgan fingerprint density at radius 2 is 1.71 bits per heavy atom. The van der Waals surface area contributed by atoms with Gasteiger partial charge in [0.15, 0.2) is 0 Å². The zero-order chi connectivity index (χ0) is 10.4. The maximum atomic E-state index is 5.54. The third-order valence-corrected chi connectivity index (χ3v) is 3.99. The molecule has 0 aliphatic heterocycles. The maximum absolute atomic E-state index is 5.54. The molecule has 0 bridgehead atoms. The van der Waals surface area contributed by atoms with E-state index in [9.17, 15) is 0 Å². The standard InChI is InChI=1S/C13H27N/c1-13(2,10-6-7-11-14)12-8-4-3-5-9-12/h12H,3-11,14H2,1-2H3. The van der Waals surface area contributed by atoms with Gasteiger partial charge in [0, 0.05) is 0 Å². The van der Waals surface area contributed by atoms with Crippen molar-refractivity contribution in [3.05, 3.63) is 0 Å². The van der Waals surface area contributed by atoms with E-state index in [1.165, 1.54) is 51.4 Å². The smallest absolute Gasteiger partial charge is 0.00773 e. The van der Waals surface area contributed by atoms with Crippen molar-refractivity contribution in [2.45, 2.75) is 65.2 Å². The summed E-state index contributed by atoms with van der Waals surface area (Å²) in [5, 5.41) is 0. The highest BCUT2D eigenvalue weighted by Gasteiger charge is 2.29. The molecule has 0 saturated heterocycles. The molecule has 1 aliphatic carbocycles. The molecular formula is C13H27N. The topological polar surface area (TPSA) is 26.0 Å². The number of rotatable bonds is 5. The summed E-state index contributed by atoms with van der Waals surface area (Å²) in [7, 11) is 0. The first kappa shape index (κ1) is 12.0. The first-order valence-electron chi connectivity index (χ1n) is 6.37. The van der Waals surface area contributed by atoms with Gasteiger partial charge in [-0.05, 0) is 43.6 Å². The van der Waals surface area contributed by atoms with Gasteiger partial charge in [0.1, 0.15) is 0 Å². The van der Waals surface area contributed by atoms with Crippen LogP contribution in [0.4, 0.5) is 0 Å². The molecule has 0 aromatic carbocycles. The molecule has 1 aliphatic rings. The van der Waals surface area contributed by atoms with E-state index in [1.54, 1.807) is 0 Å². The van der Waals surface area contributed by atoms with Crippen LogP contribution in [0.15, 0.2) is 0 Å². The van der Waals surface area contributed by atoms with Gasteiger partial charge in [0.25, 0.3) is 0 Å². The summed E-state index contributed by atoms with van der Waals surface area (Å²) in [6.45, 7) is 5.78. The van der Waals surface area contributed by atoms with E-state index >= 15 is 0 Å². The average molecular weight is 197 g/mol. The molecule has 0 atom stereocenters. The van der Waals surface area contributed by atoms with Crippen molar-refractivity contribution in [2.75, 3.05) is 6.54 Å². The summed E-state index contributed by atoms with van der Waals surface area (Å²) in [6, 6.07) is 0. The van der Waals surface area contributed by atoms with Crippen LogP contribution in [0, 0.1) is 11.3 Å². The van der Waals surface area contributed by atoms with E-state index in [4.69, 9.17) is 5.73 Å². The Balaban J connectivity index is 2.29. The van der Waals surface area contributed by atoms with Gasteiger partial charge in [-0.15, -0.1) is 0 Å². The zero-order valence-electron chi connectivity index (χ0n) is 10.0. The van der Waals surface area contributed by atoms with Crippen LogP contribution < -0.4 is 5.73 Å². The first-order valence-corrected chi connectivity index (χ1v) is 6.37. The second-order valence-electron chi connectivity index (χ2n) is 5.57. The highest BCUT2D eigenvalue weighted by molar-refractivity contribution is 4.80. The zero-order valence-corrected chi connectivity index (χ0v) is 10.0. The Hall–Kier alpha value is -0.0400. The molecule has 84 valence electrons. The van der Waals surface area contributed by atoms with Crippen molar-refractivity contribution >= 4 is 0 Å². The molecule has 1 saturated carbocycles. The van der Waals surface area contributed by atoms with Crippen LogP contribution in [0.3, 0.4) is 0 Å². The summed E-state index contributed by atoms with van der Waals surface area (Å²) in [5.41, 5.74) is 6.10. The molecule has 0 spiro atoms. The third kappa shape index (κ3) is 3.61. The third-order valence-electron chi connectivity index (χ3n) is 3.99. The van der Waals surface area contributed by atoms with E-state index in [1.807, 2.05) is 0 Å². The molecule has 0 aromatic rings. The molecule has 1 heteroatoms. The Kier molecular flexibility index (Phi) is 4.94. The summed E-state index contributed by atoms with van der Waals surface area (Å²) in [4.78, 5) is 0. The van der Waals surface area contributed by atoms with Gasteiger partial charge in [0.2, 0.25) is 0 Å². The Morgan fingerprint density at radius 3 is 2.29 bits per heavy atom. The van der Waals surface area contributed by atoms with Gasteiger partial charge in [-0.25, -0.2) is 0 Å². The van der Waals surface area contributed by atoms with Gasteiger partial charge in [-0.1, -0.05) is 39.5 Å². The lowest BCUT2D eigenvalue weighted by Crippen LogP contribution is -2.26. The molecule has 1 rings (SSSR count). The molecule has 0 heterocycles. The van der Waals surface area contributed by atoms with E-state index in [0.29, 0.717) is 5.41 Å². The summed E-state index contributed by atoms with van der Waals surface area (Å²) in [6.07, 6.45) is 11.2. The molecule has 0 unspecified atom stereocenters. The molecule has 14 heavy (non-hydrogen) atoms. The molecular weight excluding hydrogens is 170 g/mol. The fourth-order valence-corrected chi connectivity index (χ4v) is 2.81. The fraction of sp³-hybridized carbons (Fsp3) is 1.00. The summed E-state index contributed by atoms with van der Waals surface area (Å²) in [5.74, 6) is 0.981. The van der Waals surface area contributed by atoms with Crippen molar-refractivity contribution in [1.82, 2.24) is 0 Å². The Labute approximate surface area is 89.5 Å². The van der Waals surface area contributed by atoms with Crippen molar-refractivity contribution < 1.29 is 0 Å². The van der Waals surface area contributed by atoms with Crippen molar-refractivity contribution in [3.63, 3.8) is 0 Å². The number of hydrogen-bond donors (Lipinski definition) is 1. The average Bonchev–Trinajstić information content (AvgIpc) is 2.19. The minimum absolute atomic E-state index is 0.565. The predicted molar refractivity (Wildman–Crippen MR) is 63.3 cm³/mol. The quantitative estimate of drug-likeness (QED) is 0.668. The minimum atomic E-state index is 0.565. The fourth-order valence-electron chi connectivity index (χ4n) is 2.81. The lowest BCUT2D eigenvalue weighted by atomic mass is 9.69. The largest absolute Gasteiger partial charge is 0.330 e. The molecule has 2 N–H and O–H groups in total. The van der Waals surface area contributed by atoms with Gasteiger partial charge in [0.05, 0.1) is 0 Å². The van der Waals surface area contributed by atoms with E-state index in [-0.39, 0.29) is 0 Å². The molecule has 0 aromatic heterocycles. The van der Waals surface area contributed by atoms with Crippen LogP contribution in [0.1, 0.15) is 65.2 Å². The SMILES string of the molecule is CC(C)(CCCCN)C1CCCCC1. The van der Waals surface area contributed by atoms with Crippen LogP contribution in [0.2, 0.25) is 0 Å². The molecule has 0 amide bonds. The Morgan fingerprint density at radius 1 is 1.07 bits per heavy atom. The first-order chi connectivity index (χ1) is 6.67. The van der Waals surface area contributed by atoms with Crippen LogP contribution in [-0.4, -0.2) is 6.54 Å².